The fourth-order valence-corrected chi connectivity index (χ4v) is 3.67. The molecule has 0 aliphatic carbocycles. The minimum absolute atomic E-state index is 0.316. The zero-order chi connectivity index (χ0) is 23.0. The standard InChI is InChI=1S/C20H38O11/c1-2-3-4-5-6-7-8-28-19-17(26)16(25)14(23)12(31-19)10-29-20-18(27)15(24)13(22)11(9-21)30-20/h11-27H,2-10H2,1H3/t11-,12-,13-,14-,15+,16+,17-,18-,19-,20-/m1/s1. The van der Waals surface area contributed by atoms with E-state index >= 15 is 0 Å². The third-order valence-corrected chi connectivity index (χ3v) is 5.72. The molecule has 0 saturated carbocycles. The molecule has 0 aromatic rings. The monoisotopic (exact) mass is 454 g/mol. The van der Waals surface area contributed by atoms with Gasteiger partial charge in [0.25, 0.3) is 0 Å². The molecule has 184 valence electrons. The van der Waals surface area contributed by atoms with Crippen LogP contribution in [0.25, 0.3) is 0 Å². The van der Waals surface area contributed by atoms with Gasteiger partial charge in [0.15, 0.2) is 12.6 Å². The number of unbranched alkanes of at least 4 members (excludes halogenated alkanes) is 5. The third kappa shape index (κ3) is 7.27. The van der Waals surface area contributed by atoms with Crippen molar-refractivity contribution in [1.29, 1.82) is 0 Å². The Labute approximate surface area is 182 Å². The van der Waals surface area contributed by atoms with Crippen LogP contribution in [0.3, 0.4) is 0 Å². The van der Waals surface area contributed by atoms with Gasteiger partial charge in [-0.05, 0) is 6.42 Å². The molecule has 0 radical (unpaired) electrons. The summed E-state index contributed by atoms with van der Waals surface area (Å²) in [6, 6.07) is 0. The molecule has 2 rings (SSSR count). The van der Waals surface area contributed by atoms with E-state index in [1.54, 1.807) is 0 Å². The van der Waals surface area contributed by atoms with Crippen molar-refractivity contribution in [2.45, 2.75) is 107 Å². The summed E-state index contributed by atoms with van der Waals surface area (Å²) in [4.78, 5) is 0. The highest BCUT2D eigenvalue weighted by Gasteiger charge is 2.47. The van der Waals surface area contributed by atoms with E-state index in [2.05, 4.69) is 6.92 Å². The highest BCUT2D eigenvalue weighted by atomic mass is 16.7. The van der Waals surface area contributed by atoms with Gasteiger partial charge in [0.1, 0.15) is 48.8 Å². The van der Waals surface area contributed by atoms with Gasteiger partial charge in [-0.15, -0.1) is 0 Å². The molecule has 31 heavy (non-hydrogen) atoms. The van der Waals surface area contributed by atoms with Gasteiger partial charge >= 0.3 is 0 Å². The van der Waals surface area contributed by atoms with Crippen molar-refractivity contribution >= 4 is 0 Å². The molecule has 0 bridgehead atoms. The first-order valence-corrected chi connectivity index (χ1v) is 11.0. The first-order valence-electron chi connectivity index (χ1n) is 11.0. The average Bonchev–Trinajstić information content (AvgIpc) is 2.77. The fraction of sp³-hybridized carbons (Fsp3) is 1.00. The van der Waals surface area contributed by atoms with E-state index < -0.39 is 68.0 Å². The average molecular weight is 455 g/mol. The van der Waals surface area contributed by atoms with E-state index in [1.807, 2.05) is 0 Å². The van der Waals surface area contributed by atoms with Crippen LogP contribution in [0.1, 0.15) is 45.4 Å². The number of aliphatic hydroxyl groups excluding tert-OH is 7. The topological polar surface area (TPSA) is 179 Å². The van der Waals surface area contributed by atoms with Crippen LogP contribution in [-0.4, -0.2) is 117 Å². The van der Waals surface area contributed by atoms with Crippen LogP contribution in [0.5, 0.6) is 0 Å². The van der Waals surface area contributed by atoms with Crippen LogP contribution < -0.4 is 0 Å². The van der Waals surface area contributed by atoms with Crippen molar-refractivity contribution in [2.24, 2.45) is 0 Å². The lowest BCUT2D eigenvalue weighted by Gasteiger charge is -2.42. The predicted molar refractivity (Wildman–Crippen MR) is 106 cm³/mol. The minimum Gasteiger partial charge on any atom is -0.394 e. The highest BCUT2D eigenvalue weighted by Crippen LogP contribution is 2.26. The summed E-state index contributed by atoms with van der Waals surface area (Å²) in [5.74, 6) is 0. The molecular formula is C20H38O11. The van der Waals surface area contributed by atoms with Gasteiger partial charge in [-0.1, -0.05) is 39.0 Å². The van der Waals surface area contributed by atoms with Gasteiger partial charge in [0.05, 0.1) is 13.2 Å². The smallest absolute Gasteiger partial charge is 0.186 e. The van der Waals surface area contributed by atoms with E-state index in [9.17, 15) is 35.7 Å². The number of hydrogen-bond acceptors (Lipinski definition) is 11. The molecule has 11 heteroatoms. The van der Waals surface area contributed by atoms with E-state index in [4.69, 9.17) is 18.9 Å². The molecule has 7 N–H and O–H groups in total. The lowest BCUT2D eigenvalue weighted by molar-refractivity contribution is -0.331. The SMILES string of the molecule is CCCCCCCCO[C@@H]1O[C@H](CO[C@@H]2O[C@H](CO)[C@@H](O)[C@H](O)[C@H]2O)[C@@H](O)[C@H](O)[C@H]1O. The molecule has 10 atom stereocenters. The number of rotatable bonds is 12. The van der Waals surface area contributed by atoms with Crippen molar-refractivity contribution in [3.63, 3.8) is 0 Å². The van der Waals surface area contributed by atoms with Crippen molar-refractivity contribution in [3.8, 4) is 0 Å². The molecule has 0 aromatic carbocycles. The maximum Gasteiger partial charge on any atom is 0.186 e. The first kappa shape index (κ1) is 26.8. The fourth-order valence-electron chi connectivity index (χ4n) is 3.67. The van der Waals surface area contributed by atoms with Crippen molar-refractivity contribution in [3.05, 3.63) is 0 Å². The maximum absolute atomic E-state index is 10.2. The van der Waals surface area contributed by atoms with E-state index in [-0.39, 0.29) is 6.61 Å². The Kier molecular flexibility index (Phi) is 11.5. The molecule has 2 saturated heterocycles. The number of hydrogen-bond donors (Lipinski definition) is 7. The largest absolute Gasteiger partial charge is 0.394 e. The Morgan fingerprint density at radius 1 is 0.613 bits per heavy atom. The third-order valence-electron chi connectivity index (χ3n) is 5.72. The lowest BCUT2D eigenvalue weighted by Crippen LogP contribution is -2.61. The van der Waals surface area contributed by atoms with Gasteiger partial charge in [0, 0.05) is 6.61 Å². The Morgan fingerprint density at radius 3 is 1.74 bits per heavy atom. The molecular weight excluding hydrogens is 416 g/mol. The van der Waals surface area contributed by atoms with E-state index in [0.29, 0.717) is 6.61 Å². The summed E-state index contributed by atoms with van der Waals surface area (Å²) in [7, 11) is 0. The molecule has 0 amide bonds. The van der Waals surface area contributed by atoms with Gasteiger partial charge in [-0.25, -0.2) is 0 Å². The summed E-state index contributed by atoms with van der Waals surface area (Å²) < 4.78 is 21.7. The number of aliphatic hydroxyl groups is 7. The molecule has 2 heterocycles. The highest BCUT2D eigenvalue weighted by molar-refractivity contribution is 4.91. The van der Waals surface area contributed by atoms with Gasteiger partial charge in [-0.2, -0.15) is 0 Å². The number of ether oxygens (including phenoxy) is 4. The molecule has 0 aromatic heterocycles. The summed E-state index contributed by atoms with van der Waals surface area (Å²) in [6.07, 6.45) is -7.70. The maximum atomic E-state index is 10.2. The second-order valence-electron chi connectivity index (χ2n) is 8.18. The zero-order valence-corrected chi connectivity index (χ0v) is 17.9. The second kappa shape index (κ2) is 13.3. The molecule has 2 aliphatic rings. The molecule has 2 fully saturated rings. The second-order valence-corrected chi connectivity index (χ2v) is 8.18. The molecule has 11 nitrogen and oxygen atoms in total. The van der Waals surface area contributed by atoms with Gasteiger partial charge in [-0.3, -0.25) is 0 Å². The van der Waals surface area contributed by atoms with Crippen LogP contribution in [-0.2, 0) is 18.9 Å². The molecule has 0 unspecified atom stereocenters. The zero-order valence-electron chi connectivity index (χ0n) is 17.9. The van der Waals surface area contributed by atoms with E-state index in [1.165, 1.54) is 6.42 Å². The Hall–Kier alpha value is -0.440. The Morgan fingerprint density at radius 2 is 1.13 bits per heavy atom. The quantitative estimate of drug-likeness (QED) is 0.162. The summed E-state index contributed by atoms with van der Waals surface area (Å²) in [5, 5.41) is 69.3. The van der Waals surface area contributed by atoms with Crippen LogP contribution in [0, 0.1) is 0 Å². The van der Waals surface area contributed by atoms with Crippen molar-refractivity contribution in [1.82, 2.24) is 0 Å². The van der Waals surface area contributed by atoms with Gasteiger partial charge in [0.2, 0.25) is 0 Å². The van der Waals surface area contributed by atoms with Crippen LogP contribution in [0.2, 0.25) is 0 Å². The minimum atomic E-state index is -1.60. The van der Waals surface area contributed by atoms with Crippen molar-refractivity contribution < 1.29 is 54.7 Å². The summed E-state index contributed by atoms with van der Waals surface area (Å²) in [6.45, 7) is 1.48. The van der Waals surface area contributed by atoms with Crippen LogP contribution in [0.15, 0.2) is 0 Å². The summed E-state index contributed by atoms with van der Waals surface area (Å²) >= 11 is 0. The molecule has 2 aliphatic heterocycles. The first-order chi connectivity index (χ1) is 14.8. The Balaban J connectivity index is 1.83. The van der Waals surface area contributed by atoms with Crippen LogP contribution in [0.4, 0.5) is 0 Å². The lowest BCUT2D eigenvalue weighted by atomic mass is 9.98. The Bertz CT molecular complexity index is 494. The molecule has 0 spiro atoms. The predicted octanol–water partition coefficient (Wildman–Crippen LogP) is -2.01. The van der Waals surface area contributed by atoms with E-state index in [0.717, 1.165) is 32.1 Å². The van der Waals surface area contributed by atoms with Crippen molar-refractivity contribution in [2.75, 3.05) is 19.8 Å². The summed E-state index contributed by atoms with van der Waals surface area (Å²) in [5.41, 5.74) is 0. The van der Waals surface area contributed by atoms with Crippen LogP contribution >= 0.6 is 0 Å². The normalized spacial score (nSPS) is 41.4. The van der Waals surface area contributed by atoms with Gasteiger partial charge < -0.3 is 54.7 Å².